The summed E-state index contributed by atoms with van der Waals surface area (Å²) in [7, 11) is 0. The van der Waals surface area contributed by atoms with Crippen LogP contribution in [0.2, 0.25) is 0 Å². The van der Waals surface area contributed by atoms with E-state index in [-0.39, 0.29) is 17.3 Å². The van der Waals surface area contributed by atoms with E-state index in [1.165, 1.54) is 6.33 Å². The second-order valence-corrected chi connectivity index (χ2v) is 4.96. The molecule has 0 unspecified atom stereocenters. The molecule has 0 aliphatic heterocycles. The molecule has 0 amide bonds. The van der Waals surface area contributed by atoms with Crippen LogP contribution in [0.3, 0.4) is 0 Å². The molecular formula is C13H10N4O3S. The standard InChI is InChI=1S/C13H10N4O3S/c1-21-8-4-2-7(3-5-8)11-16-12(20-17-11)9-10(13(18)19)15-6-14-9/h2-6H,1H3,(H,14,15)(H,18,19). The van der Waals surface area contributed by atoms with Gasteiger partial charge in [-0.25, -0.2) is 9.78 Å². The van der Waals surface area contributed by atoms with Crippen molar-refractivity contribution in [2.45, 2.75) is 4.90 Å². The Morgan fingerprint density at radius 1 is 1.33 bits per heavy atom. The van der Waals surface area contributed by atoms with E-state index in [1.54, 1.807) is 11.8 Å². The van der Waals surface area contributed by atoms with E-state index < -0.39 is 5.97 Å². The number of carbonyl (C=O) groups is 1. The highest BCUT2D eigenvalue weighted by Crippen LogP contribution is 2.24. The van der Waals surface area contributed by atoms with Crippen molar-refractivity contribution in [3.05, 3.63) is 36.3 Å². The average Bonchev–Trinajstić information content (AvgIpc) is 3.16. The third kappa shape index (κ3) is 2.52. The molecule has 1 aromatic carbocycles. The Kier molecular flexibility index (Phi) is 3.44. The zero-order valence-corrected chi connectivity index (χ0v) is 11.7. The van der Waals surface area contributed by atoms with Crippen molar-refractivity contribution in [1.29, 1.82) is 0 Å². The van der Waals surface area contributed by atoms with Gasteiger partial charge in [0, 0.05) is 10.5 Å². The van der Waals surface area contributed by atoms with Crippen molar-refractivity contribution in [2.24, 2.45) is 0 Å². The molecule has 8 heteroatoms. The van der Waals surface area contributed by atoms with Gasteiger partial charge in [0.25, 0.3) is 5.89 Å². The van der Waals surface area contributed by atoms with Gasteiger partial charge < -0.3 is 14.6 Å². The van der Waals surface area contributed by atoms with Crippen LogP contribution >= 0.6 is 11.8 Å². The van der Waals surface area contributed by atoms with Gasteiger partial charge in [0.2, 0.25) is 5.82 Å². The number of aromatic carboxylic acids is 1. The van der Waals surface area contributed by atoms with E-state index in [0.717, 1.165) is 10.5 Å². The maximum absolute atomic E-state index is 11.0. The maximum atomic E-state index is 11.0. The molecule has 0 aliphatic carbocycles. The SMILES string of the molecule is CSc1ccc(-c2noc(-c3[nH]cnc3C(=O)O)n2)cc1. The van der Waals surface area contributed by atoms with Crippen molar-refractivity contribution >= 4 is 17.7 Å². The first kappa shape index (κ1) is 13.4. The number of hydrogen-bond donors (Lipinski definition) is 2. The third-order valence-electron chi connectivity index (χ3n) is 2.83. The van der Waals surface area contributed by atoms with E-state index >= 15 is 0 Å². The summed E-state index contributed by atoms with van der Waals surface area (Å²) >= 11 is 1.64. The number of nitrogens with zero attached hydrogens (tertiary/aromatic N) is 3. The molecule has 2 heterocycles. The van der Waals surface area contributed by atoms with Gasteiger partial charge in [-0.3, -0.25) is 0 Å². The fraction of sp³-hybridized carbons (Fsp3) is 0.0769. The Morgan fingerprint density at radius 2 is 2.10 bits per heavy atom. The lowest BCUT2D eigenvalue weighted by Gasteiger charge is -1.96. The third-order valence-corrected chi connectivity index (χ3v) is 3.57. The molecule has 0 spiro atoms. The Labute approximate surface area is 123 Å². The first-order chi connectivity index (χ1) is 10.2. The number of carboxylic acids is 1. The molecule has 2 aromatic heterocycles. The number of rotatable bonds is 4. The van der Waals surface area contributed by atoms with Crippen molar-refractivity contribution < 1.29 is 14.4 Å². The van der Waals surface area contributed by atoms with Crippen LogP contribution in [-0.4, -0.2) is 37.4 Å². The van der Waals surface area contributed by atoms with Gasteiger partial charge in [-0.05, 0) is 30.5 Å². The molecule has 0 atom stereocenters. The molecule has 0 fully saturated rings. The molecule has 0 saturated heterocycles. The average molecular weight is 302 g/mol. The monoisotopic (exact) mass is 302 g/mol. The van der Waals surface area contributed by atoms with E-state index in [9.17, 15) is 4.79 Å². The minimum absolute atomic E-state index is 0.0915. The molecule has 7 nitrogen and oxygen atoms in total. The number of aromatic amines is 1. The van der Waals surface area contributed by atoms with Crippen LogP contribution in [0.1, 0.15) is 10.5 Å². The van der Waals surface area contributed by atoms with Crippen LogP contribution in [0.5, 0.6) is 0 Å². The Hall–Kier alpha value is -2.61. The quantitative estimate of drug-likeness (QED) is 0.713. The van der Waals surface area contributed by atoms with Crippen LogP contribution in [0.4, 0.5) is 0 Å². The minimum Gasteiger partial charge on any atom is -0.476 e. The predicted molar refractivity (Wildman–Crippen MR) is 76.1 cm³/mol. The van der Waals surface area contributed by atoms with Gasteiger partial charge in [0.15, 0.2) is 5.69 Å². The molecular weight excluding hydrogens is 292 g/mol. The van der Waals surface area contributed by atoms with Crippen LogP contribution in [0.15, 0.2) is 40.0 Å². The second kappa shape index (κ2) is 5.41. The first-order valence-electron chi connectivity index (χ1n) is 5.94. The lowest BCUT2D eigenvalue weighted by Crippen LogP contribution is -1.99. The second-order valence-electron chi connectivity index (χ2n) is 4.08. The van der Waals surface area contributed by atoms with Crippen LogP contribution in [0, 0.1) is 0 Å². The van der Waals surface area contributed by atoms with Crippen molar-refractivity contribution in [3.8, 4) is 23.0 Å². The Balaban J connectivity index is 1.95. The van der Waals surface area contributed by atoms with Crippen LogP contribution in [-0.2, 0) is 0 Å². The zero-order valence-electron chi connectivity index (χ0n) is 10.9. The van der Waals surface area contributed by atoms with Crippen LogP contribution in [0.25, 0.3) is 23.0 Å². The van der Waals surface area contributed by atoms with Gasteiger partial charge in [0.05, 0.1) is 6.33 Å². The number of nitrogens with one attached hydrogen (secondary N) is 1. The van der Waals surface area contributed by atoms with E-state index in [1.807, 2.05) is 30.5 Å². The highest BCUT2D eigenvalue weighted by atomic mass is 32.2. The fourth-order valence-corrected chi connectivity index (χ4v) is 2.21. The molecule has 3 aromatic rings. The number of carboxylic acid groups (broad SMARTS) is 1. The molecule has 0 bridgehead atoms. The number of benzene rings is 1. The van der Waals surface area contributed by atoms with Crippen molar-refractivity contribution in [1.82, 2.24) is 20.1 Å². The van der Waals surface area contributed by atoms with Crippen molar-refractivity contribution in [3.63, 3.8) is 0 Å². The number of hydrogen-bond acceptors (Lipinski definition) is 6. The molecule has 0 radical (unpaired) electrons. The Morgan fingerprint density at radius 3 is 2.76 bits per heavy atom. The first-order valence-corrected chi connectivity index (χ1v) is 7.16. The zero-order chi connectivity index (χ0) is 14.8. The van der Waals surface area contributed by atoms with Crippen LogP contribution < -0.4 is 0 Å². The summed E-state index contributed by atoms with van der Waals surface area (Å²) in [5, 5.41) is 12.9. The summed E-state index contributed by atoms with van der Waals surface area (Å²) in [6.07, 6.45) is 3.27. The summed E-state index contributed by atoms with van der Waals surface area (Å²) in [5.41, 5.74) is 0.837. The Bertz CT molecular complexity index is 779. The number of thioether (sulfide) groups is 1. The molecule has 3 rings (SSSR count). The van der Waals surface area contributed by atoms with Gasteiger partial charge in [-0.1, -0.05) is 5.16 Å². The minimum atomic E-state index is -1.16. The topological polar surface area (TPSA) is 105 Å². The van der Waals surface area contributed by atoms with Gasteiger partial charge >= 0.3 is 5.97 Å². The highest BCUT2D eigenvalue weighted by molar-refractivity contribution is 7.98. The highest BCUT2D eigenvalue weighted by Gasteiger charge is 2.20. The van der Waals surface area contributed by atoms with Gasteiger partial charge in [-0.15, -0.1) is 11.8 Å². The number of imidazole rings is 1. The van der Waals surface area contributed by atoms with E-state index in [0.29, 0.717) is 5.82 Å². The van der Waals surface area contributed by atoms with E-state index in [2.05, 4.69) is 20.1 Å². The molecule has 0 saturated carbocycles. The lowest BCUT2D eigenvalue weighted by molar-refractivity contribution is 0.0691. The largest absolute Gasteiger partial charge is 0.476 e. The fourth-order valence-electron chi connectivity index (χ4n) is 1.80. The van der Waals surface area contributed by atoms with Gasteiger partial charge in [-0.2, -0.15) is 4.98 Å². The predicted octanol–water partition coefficient (Wildman–Crippen LogP) is 2.55. The summed E-state index contributed by atoms with van der Waals surface area (Å²) in [6.45, 7) is 0. The summed E-state index contributed by atoms with van der Waals surface area (Å²) in [4.78, 5) is 22.8. The molecule has 21 heavy (non-hydrogen) atoms. The number of aromatic nitrogens is 4. The smallest absolute Gasteiger partial charge is 0.356 e. The van der Waals surface area contributed by atoms with E-state index in [4.69, 9.17) is 9.63 Å². The molecule has 2 N–H and O–H groups in total. The number of H-pyrrole nitrogens is 1. The van der Waals surface area contributed by atoms with Gasteiger partial charge in [0.1, 0.15) is 5.69 Å². The summed E-state index contributed by atoms with van der Waals surface area (Å²) < 4.78 is 5.11. The molecule has 0 aliphatic rings. The molecule has 106 valence electrons. The summed E-state index contributed by atoms with van der Waals surface area (Å²) in [6, 6.07) is 7.67. The normalized spacial score (nSPS) is 10.7. The maximum Gasteiger partial charge on any atom is 0.356 e. The lowest BCUT2D eigenvalue weighted by atomic mass is 10.2. The summed E-state index contributed by atoms with van der Waals surface area (Å²) in [5.74, 6) is -0.673. The van der Waals surface area contributed by atoms with Crippen molar-refractivity contribution in [2.75, 3.05) is 6.26 Å².